The molecule has 2 aliphatic carbocycles. The first kappa shape index (κ1) is 33.6. The van der Waals surface area contributed by atoms with E-state index in [9.17, 15) is 65.1 Å². The van der Waals surface area contributed by atoms with Crippen LogP contribution in [0.4, 0.5) is 0 Å². The first-order valence-electron chi connectivity index (χ1n) is 15.5. The normalized spacial score (nSPS) is 24.9. The van der Waals surface area contributed by atoms with Crippen molar-refractivity contribution < 1.29 is 74.6 Å². The largest absolute Gasteiger partial charge is 0.507 e. The number of carbonyl (C=O) groups is 4. The number of carboxylic acid groups (broad SMARTS) is 2. The maximum Gasteiger partial charge on any atom is 0.335 e. The van der Waals surface area contributed by atoms with Crippen molar-refractivity contribution in [3.63, 3.8) is 0 Å². The van der Waals surface area contributed by atoms with Crippen molar-refractivity contribution in [1.29, 1.82) is 0 Å². The van der Waals surface area contributed by atoms with Gasteiger partial charge < -0.3 is 55.4 Å². The molecule has 4 aromatic rings. The Balaban J connectivity index is 1.52. The highest BCUT2D eigenvalue weighted by atomic mass is 16.7. The number of benzene rings is 4. The van der Waals surface area contributed by atoms with Gasteiger partial charge in [-0.15, -0.1) is 0 Å². The first-order valence-corrected chi connectivity index (χ1v) is 15.5. The third-order valence-electron chi connectivity index (χ3n) is 9.60. The Morgan fingerprint density at radius 3 is 1.65 bits per heavy atom. The third kappa shape index (κ3) is 5.09. The molecule has 7 rings (SSSR count). The Kier molecular flexibility index (Phi) is 8.04. The molecule has 51 heavy (non-hydrogen) atoms. The number of fused-ring (bicyclic) bond motifs is 4. The van der Waals surface area contributed by atoms with Crippen LogP contribution in [0.25, 0.3) is 0 Å². The minimum absolute atomic E-state index is 0.0489. The summed E-state index contributed by atoms with van der Waals surface area (Å²) in [6.45, 7) is -0.775. The highest BCUT2D eigenvalue weighted by Crippen LogP contribution is 2.56. The lowest BCUT2D eigenvalue weighted by atomic mass is 9.63. The Labute approximate surface area is 286 Å². The van der Waals surface area contributed by atoms with Gasteiger partial charge in [-0.1, -0.05) is 24.3 Å². The summed E-state index contributed by atoms with van der Waals surface area (Å²) in [5.74, 6) is -9.35. The number of aromatic carboxylic acids is 2. The van der Waals surface area contributed by atoms with E-state index >= 15 is 0 Å². The zero-order valence-electron chi connectivity index (χ0n) is 26.0. The Bertz CT molecular complexity index is 2170. The Morgan fingerprint density at radius 1 is 0.627 bits per heavy atom. The van der Waals surface area contributed by atoms with Crippen molar-refractivity contribution in [3.8, 4) is 23.0 Å². The van der Waals surface area contributed by atoms with Crippen molar-refractivity contribution in [2.45, 2.75) is 42.5 Å². The van der Waals surface area contributed by atoms with Gasteiger partial charge in [0, 0.05) is 11.8 Å². The SMILES string of the molecule is O=C(O)c1cc(O)c2c(c1)[C@H]([C@H]1c3cc(C(=O)O)cc(O)c3C(=O)c3c(O[C@@H]4O[C@@H](CO)[C@@H](O)[C@@H](O)[C@@H]4O)cccc31)c1cccc(O)c1C2=O. The molecule has 0 aromatic heterocycles. The number of rotatable bonds is 6. The summed E-state index contributed by atoms with van der Waals surface area (Å²) in [6, 6.07) is 12.3. The van der Waals surface area contributed by atoms with Crippen LogP contribution in [-0.4, -0.2) is 107 Å². The highest BCUT2D eigenvalue weighted by Gasteiger charge is 2.48. The monoisotopic (exact) mass is 700 g/mol. The standard InChI is InChI=1S/C36H28O15/c37-11-22-29(41)32(44)33(45)36(51-22)50-21-6-2-4-15-24(17-8-13(35(48)49)10-20(40)27(17)31(43)28(15)21)23-14-3-1-5-18(38)25(14)30(42)26-16(23)7-12(34(46)47)9-19(26)39/h1-10,22-24,29,32-33,36-41,44-45H,11H2,(H,46,47)(H,48,49)/t22-,23+,24+,29+,32+,33-,36+/m0/s1. The molecule has 1 saturated heterocycles. The molecule has 1 fully saturated rings. The van der Waals surface area contributed by atoms with Crippen LogP contribution in [0.1, 0.15) is 86.6 Å². The van der Waals surface area contributed by atoms with E-state index in [1.54, 1.807) is 0 Å². The van der Waals surface area contributed by atoms with Crippen LogP contribution in [0.2, 0.25) is 0 Å². The molecular weight excluding hydrogens is 672 g/mol. The molecule has 262 valence electrons. The number of aliphatic hydroxyl groups is 4. The van der Waals surface area contributed by atoms with E-state index in [-0.39, 0.29) is 50.3 Å². The first-order chi connectivity index (χ1) is 24.2. The van der Waals surface area contributed by atoms with Gasteiger partial charge in [0.2, 0.25) is 17.9 Å². The van der Waals surface area contributed by atoms with E-state index < -0.39 is 101 Å². The van der Waals surface area contributed by atoms with E-state index in [4.69, 9.17) is 9.47 Å². The van der Waals surface area contributed by atoms with Crippen LogP contribution in [-0.2, 0) is 4.74 Å². The average Bonchev–Trinajstić information content (AvgIpc) is 3.08. The molecule has 15 heteroatoms. The molecule has 4 aromatic carbocycles. The van der Waals surface area contributed by atoms with Crippen LogP contribution in [0.5, 0.6) is 23.0 Å². The van der Waals surface area contributed by atoms with Gasteiger partial charge in [0.05, 0.1) is 40.0 Å². The zero-order valence-corrected chi connectivity index (χ0v) is 26.0. The molecule has 0 amide bonds. The summed E-state index contributed by atoms with van der Waals surface area (Å²) < 4.78 is 11.4. The molecule has 3 aliphatic rings. The van der Waals surface area contributed by atoms with Crippen LogP contribution in [0, 0.1) is 0 Å². The minimum Gasteiger partial charge on any atom is -0.507 e. The minimum atomic E-state index is -1.88. The Morgan fingerprint density at radius 2 is 1.12 bits per heavy atom. The second-order valence-corrected chi connectivity index (χ2v) is 12.4. The van der Waals surface area contributed by atoms with Crippen molar-refractivity contribution in [2.75, 3.05) is 6.61 Å². The lowest BCUT2D eigenvalue weighted by Crippen LogP contribution is -2.60. The van der Waals surface area contributed by atoms with Gasteiger partial charge in [0.25, 0.3) is 0 Å². The Hall–Kier alpha value is -5.84. The molecular formula is C36H28O15. The third-order valence-corrected chi connectivity index (χ3v) is 9.60. The summed E-state index contributed by atoms with van der Waals surface area (Å²) in [7, 11) is 0. The van der Waals surface area contributed by atoms with Gasteiger partial charge in [-0.2, -0.15) is 0 Å². The van der Waals surface area contributed by atoms with Crippen LogP contribution in [0.15, 0.2) is 60.7 Å². The maximum atomic E-state index is 14.4. The number of hydrogen-bond donors (Lipinski definition) is 9. The summed E-state index contributed by atoms with van der Waals surface area (Å²) in [5.41, 5.74) is -1.98. The molecule has 0 spiro atoms. The quantitative estimate of drug-likeness (QED) is 0.138. The molecule has 0 radical (unpaired) electrons. The maximum absolute atomic E-state index is 14.4. The van der Waals surface area contributed by atoms with Crippen molar-refractivity contribution in [3.05, 3.63) is 116 Å². The van der Waals surface area contributed by atoms with E-state index in [2.05, 4.69) is 0 Å². The zero-order chi connectivity index (χ0) is 36.6. The number of hydrogen-bond acceptors (Lipinski definition) is 13. The molecule has 1 heterocycles. The number of phenols is 3. The number of aliphatic hydroxyl groups excluding tert-OH is 4. The molecule has 0 bridgehead atoms. The van der Waals surface area contributed by atoms with Gasteiger partial charge in [-0.25, -0.2) is 9.59 Å². The topological polar surface area (TPSA) is 269 Å². The summed E-state index contributed by atoms with van der Waals surface area (Å²) in [5, 5.41) is 94.1. The van der Waals surface area contributed by atoms with Gasteiger partial charge in [0.1, 0.15) is 47.4 Å². The van der Waals surface area contributed by atoms with Crippen molar-refractivity contribution in [2.24, 2.45) is 0 Å². The number of ketones is 2. The predicted octanol–water partition coefficient (Wildman–Crippen LogP) is 1.43. The smallest absolute Gasteiger partial charge is 0.335 e. The fraction of sp³-hybridized carbons (Fsp3) is 0.222. The van der Waals surface area contributed by atoms with Crippen LogP contribution >= 0.6 is 0 Å². The highest BCUT2D eigenvalue weighted by molar-refractivity contribution is 6.18. The predicted molar refractivity (Wildman–Crippen MR) is 170 cm³/mol. The fourth-order valence-electron chi connectivity index (χ4n) is 7.34. The fourth-order valence-corrected chi connectivity index (χ4v) is 7.34. The van der Waals surface area contributed by atoms with Crippen LogP contribution < -0.4 is 4.74 Å². The lowest BCUT2D eigenvalue weighted by Gasteiger charge is -2.41. The van der Waals surface area contributed by atoms with Gasteiger partial charge >= 0.3 is 11.9 Å². The van der Waals surface area contributed by atoms with E-state index in [1.165, 1.54) is 36.4 Å². The average molecular weight is 701 g/mol. The summed E-state index contributed by atoms with van der Waals surface area (Å²) in [4.78, 5) is 52.6. The molecule has 1 aliphatic heterocycles. The summed E-state index contributed by atoms with van der Waals surface area (Å²) in [6.07, 6.45) is -8.55. The number of carboxylic acids is 2. The number of carbonyl (C=O) groups excluding carboxylic acids is 2. The van der Waals surface area contributed by atoms with Gasteiger partial charge in [-0.3, -0.25) is 9.59 Å². The van der Waals surface area contributed by atoms with E-state index in [0.29, 0.717) is 0 Å². The second kappa shape index (κ2) is 12.2. The van der Waals surface area contributed by atoms with Crippen molar-refractivity contribution in [1.82, 2.24) is 0 Å². The van der Waals surface area contributed by atoms with Crippen molar-refractivity contribution >= 4 is 23.5 Å². The van der Waals surface area contributed by atoms with Crippen LogP contribution in [0.3, 0.4) is 0 Å². The van der Waals surface area contributed by atoms with E-state index in [1.807, 2.05) is 0 Å². The number of ether oxygens (including phenoxy) is 2. The lowest BCUT2D eigenvalue weighted by molar-refractivity contribution is -0.277. The molecule has 9 N–H and O–H groups in total. The number of aromatic hydroxyl groups is 3. The number of phenolic OH excluding ortho intramolecular Hbond substituents is 3. The molecule has 0 unspecified atom stereocenters. The molecule has 0 saturated carbocycles. The molecule has 15 nitrogen and oxygen atoms in total. The van der Waals surface area contributed by atoms with Gasteiger partial charge in [-0.05, 0) is 58.7 Å². The van der Waals surface area contributed by atoms with E-state index in [0.717, 1.165) is 24.3 Å². The second-order valence-electron chi connectivity index (χ2n) is 12.4. The van der Waals surface area contributed by atoms with Gasteiger partial charge in [0.15, 0.2) is 0 Å². The summed E-state index contributed by atoms with van der Waals surface area (Å²) >= 11 is 0. The molecule has 7 atom stereocenters.